The molecule has 0 saturated heterocycles. The van der Waals surface area contributed by atoms with Crippen molar-refractivity contribution in [1.29, 1.82) is 0 Å². The molecule has 0 bridgehead atoms. The number of nitrogens with zero attached hydrogens (tertiary/aromatic N) is 1. The standard InChI is InChI=1S/C6H12N2/c1-3-4-5-8-6-7-2/h4-5,8H,2-3,6H2,1H3/b5-4-. The van der Waals surface area contributed by atoms with Gasteiger partial charge in [-0.05, 0) is 19.3 Å². The Balaban J connectivity index is 2.90. The molecular formula is C6H12N2. The minimum absolute atomic E-state index is 0.608. The van der Waals surface area contributed by atoms with Gasteiger partial charge in [0.2, 0.25) is 0 Å². The Hall–Kier alpha value is -0.790. The lowest BCUT2D eigenvalue weighted by Gasteiger charge is -1.89. The monoisotopic (exact) mass is 112 g/mol. The van der Waals surface area contributed by atoms with E-state index in [4.69, 9.17) is 0 Å². The Morgan fingerprint density at radius 2 is 2.50 bits per heavy atom. The molecule has 0 rings (SSSR count). The lowest BCUT2D eigenvalue weighted by Crippen LogP contribution is -2.02. The first kappa shape index (κ1) is 7.21. The van der Waals surface area contributed by atoms with Crippen LogP contribution in [-0.4, -0.2) is 13.4 Å². The maximum Gasteiger partial charge on any atom is 0.106 e. The zero-order valence-electron chi connectivity index (χ0n) is 5.22. The molecule has 2 heteroatoms. The molecule has 46 valence electrons. The second kappa shape index (κ2) is 6.21. The van der Waals surface area contributed by atoms with Gasteiger partial charge in [-0.15, -0.1) is 0 Å². The van der Waals surface area contributed by atoms with Gasteiger partial charge in [0, 0.05) is 0 Å². The first-order valence-electron chi connectivity index (χ1n) is 2.72. The maximum atomic E-state index is 3.60. The highest BCUT2D eigenvalue weighted by atomic mass is 15.0. The summed E-state index contributed by atoms with van der Waals surface area (Å²) in [5, 5.41) is 2.93. The van der Waals surface area contributed by atoms with Gasteiger partial charge in [0.25, 0.3) is 0 Å². The lowest BCUT2D eigenvalue weighted by atomic mass is 10.5. The third kappa shape index (κ3) is 5.21. The van der Waals surface area contributed by atoms with Crippen LogP contribution in [0.5, 0.6) is 0 Å². The van der Waals surface area contributed by atoms with Gasteiger partial charge in [-0.2, -0.15) is 0 Å². The Morgan fingerprint density at radius 3 is 3.00 bits per heavy atom. The van der Waals surface area contributed by atoms with Crippen molar-refractivity contribution in [3.63, 3.8) is 0 Å². The van der Waals surface area contributed by atoms with Gasteiger partial charge in [0.1, 0.15) is 6.67 Å². The van der Waals surface area contributed by atoms with Crippen LogP contribution < -0.4 is 5.32 Å². The molecule has 0 fully saturated rings. The summed E-state index contributed by atoms with van der Waals surface area (Å²) >= 11 is 0. The van der Waals surface area contributed by atoms with Crippen LogP contribution in [0.25, 0.3) is 0 Å². The first-order valence-corrected chi connectivity index (χ1v) is 2.72. The van der Waals surface area contributed by atoms with Crippen molar-refractivity contribution in [2.45, 2.75) is 13.3 Å². The van der Waals surface area contributed by atoms with Crippen LogP contribution in [0.4, 0.5) is 0 Å². The quantitative estimate of drug-likeness (QED) is 0.428. The van der Waals surface area contributed by atoms with Gasteiger partial charge < -0.3 is 5.32 Å². The Labute approximate surface area is 50.3 Å². The molecule has 0 radical (unpaired) electrons. The summed E-state index contributed by atoms with van der Waals surface area (Å²) in [7, 11) is 0. The molecule has 0 heterocycles. The topological polar surface area (TPSA) is 24.4 Å². The summed E-state index contributed by atoms with van der Waals surface area (Å²) in [4.78, 5) is 3.60. The van der Waals surface area contributed by atoms with E-state index in [2.05, 4.69) is 24.0 Å². The molecule has 0 aromatic carbocycles. The van der Waals surface area contributed by atoms with Crippen molar-refractivity contribution in [1.82, 2.24) is 5.32 Å². The van der Waals surface area contributed by atoms with Gasteiger partial charge in [0.05, 0.1) is 0 Å². The van der Waals surface area contributed by atoms with Crippen LogP contribution in [0.1, 0.15) is 13.3 Å². The summed E-state index contributed by atoms with van der Waals surface area (Å²) in [5.74, 6) is 0. The van der Waals surface area contributed by atoms with Gasteiger partial charge in [-0.1, -0.05) is 13.0 Å². The minimum Gasteiger partial charge on any atom is -0.373 e. The van der Waals surface area contributed by atoms with E-state index in [1.54, 1.807) is 0 Å². The summed E-state index contributed by atoms with van der Waals surface area (Å²) in [6.07, 6.45) is 4.98. The van der Waals surface area contributed by atoms with Crippen molar-refractivity contribution >= 4 is 6.72 Å². The summed E-state index contributed by atoms with van der Waals surface area (Å²) in [6.45, 7) is 6.00. The van der Waals surface area contributed by atoms with E-state index in [-0.39, 0.29) is 0 Å². The van der Waals surface area contributed by atoms with Gasteiger partial charge in [-0.3, -0.25) is 4.99 Å². The molecule has 0 aromatic rings. The number of allylic oxidation sites excluding steroid dienone is 1. The molecule has 1 N–H and O–H groups in total. The lowest BCUT2D eigenvalue weighted by molar-refractivity contribution is 0.885. The van der Waals surface area contributed by atoms with E-state index in [9.17, 15) is 0 Å². The fourth-order valence-corrected chi connectivity index (χ4v) is 0.318. The predicted octanol–water partition coefficient (Wildman–Crippen LogP) is 1.16. The van der Waals surface area contributed by atoms with Crippen LogP contribution in [0.2, 0.25) is 0 Å². The molecule has 0 spiro atoms. The van der Waals surface area contributed by atoms with E-state index in [0.717, 1.165) is 6.42 Å². The molecule has 0 aliphatic carbocycles. The van der Waals surface area contributed by atoms with Crippen molar-refractivity contribution in [2.24, 2.45) is 4.99 Å². The van der Waals surface area contributed by atoms with Crippen molar-refractivity contribution in [3.8, 4) is 0 Å². The number of nitrogens with one attached hydrogen (secondary N) is 1. The zero-order chi connectivity index (χ0) is 6.24. The normalized spacial score (nSPS) is 9.62. The maximum absolute atomic E-state index is 3.60. The summed E-state index contributed by atoms with van der Waals surface area (Å²) in [6, 6.07) is 0. The fourth-order valence-electron chi connectivity index (χ4n) is 0.318. The van der Waals surface area contributed by atoms with Crippen LogP contribution in [0, 0.1) is 0 Å². The molecule has 2 nitrogen and oxygen atoms in total. The highest BCUT2D eigenvalue weighted by Gasteiger charge is 1.66. The molecular weight excluding hydrogens is 100 g/mol. The average Bonchev–Trinajstić information content (AvgIpc) is 1.81. The average molecular weight is 112 g/mol. The van der Waals surface area contributed by atoms with Crippen LogP contribution in [-0.2, 0) is 0 Å². The molecule has 0 atom stereocenters. The van der Waals surface area contributed by atoms with Gasteiger partial charge >= 0.3 is 0 Å². The van der Waals surface area contributed by atoms with E-state index in [1.807, 2.05) is 12.3 Å². The van der Waals surface area contributed by atoms with E-state index < -0.39 is 0 Å². The largest absolute Gasteiger partial charge is 0.373 e. The summed E-state index contributed by atoms with van der Waals surface area (Å²) in [5.41, 5.74) is 0. The molecule has 0 saturated carbocycles. The smallest absolute Gasteiger partial charge is 0.106 e. The van der Waals surface area contributed by atoms with E-state index >= 15 is 0 Å². The number of rotatable bonds is 4. The molecule has 0 aromatic heterocycles. The first-order chi connectivity index (χ1) is 3.91. The highest BCUT2D eigenvalue weighted by molar-refractivity contribution is 5.22. The SMILES string of the molecule is C=NCN/C=C\CC. The third-order valence-corrected chi connectivity index (χ3v) is 0.674. The molecule has 8 heavy (non-hydrogen) atoms. The summed E-state index contributed by atoms with van der Waals surface area (Å²) < 4.78 is 0. The molecule has 0 unspecified atom stereocenters. The van der Waals surface area contributed by atoms with Gasteiger partial charge in [-0.25, -0.2) is 0 Å². The number of hydrogen-bond donors (Lipinski definition) is 1. The number of hydrogen-bond acceptors (Lipinski definition) is 2. The second-order valence-corrected chi connectivity index (χ2v) is 1.40. The van der Waals surface area contributed by atoms with E-state index in [0.29, 0.717) is 6.67 Å². The molecule has 0 amide bonds. The van der Waals surface area contributed by atoms with Crippen molar-refractivity contribution < 1.29 is 0 Å². The zero-order valence-corrected chi connectivity index (χ0v) is 5.22. The van der Waals surface area contributed by atoms with Crippen LogP contribution >= 0.6 is 0 Å². The molecule has 0 aliphatic rings. The highest BCUT2D eigenvalue weighted by Crippen LogP contribution is 1.73. The van der Waals surface area contributed by atoms with Crippen LogP contribution in [0.15, 0.2) is 17.3 Å². The Morgan fingerprint density at radius 1 is 1.75 bits per heavy atom. The van der Waals surface area contributed by atoms with E-state index in [1.165, 1.54) is 0 Å². The van der Waals surface area contributed by atoms with Gasteiger partial charge in [0.15, 0.2) is 0 Å². The minimum atomic E-state index is 0.608. The van der Waals surface area contributed by atoms with Crippen LogP contribution in [0.3, 0.4) is 0 Å². The molecule has 0 aliphatic heterocycles. The second-order valence-electron chi connectivity index (χ2n) is 1.40. The Kier molecular flexibility index (Phi) is 5.60. The Bertz CT molecular complexity index is 76.6. The fraction of sp³-hybridized carbons (Fsp3) is 0.500. The predicted molar refractivity (Wildman–Crippen MR) is 37.0 cm³/mol. The number of aliphatic imine (C=N–C) groups is 1. The van der Waals surface area contributed by atoms with Crippen molar-refractivity contribution in [2.75, 3.05) is 6.67 Å². The van der Waals surface area contributed by atoms with Crippen molar-refractivity contribution in [3.05, 3.63) is 12.3 Å². The third-order valence-electron chi connectivity index (χ3n) is 0.674.